The minimum Gasteiger partial charge on any atom is -0.508 e. The molecule has 1 aromatic rings. The van der Waals surface area contributed by atoms with Gasteiger partial charge in [0.2, 0.25) is 0 Å². The normalized spacial score (nSPS) is 12.3. The van der Waals surface area contributed by atoms with Crippen LogP contribution in [0.1, 0.15) is 18.4 Å². The molecule has 3 N–H and O–H groups in total. The van der Waals surface area contributed by atoms with Crippen LogP contribution in [-0.4, -0.2) is 25.9 Å². The Morgan fingerprint density at radius 2 is 1.80 bits per heavy atom. The van der Waals surface area contributed by atoms with Gasteiger partial charge in [-0.15, -0.1) is 0 Å². The minimum absolute atomic E-state index is 0.0878. The van der Waals surface area contributed by atoms with E-state index in [4.69, 9.17) is 15.2 Å². The highest BCUT2D eigenvalue weighted by atomic mass is 16.5. The Morgan fingerprint density at radius 3 is 2.27 bits per heavy atom. The Balaban J connectivity index is 3.19. The summed E-state index contributed by atoms with van der Waals surface area (Å²) in [5, 5.41) is 9.75. The number of hydrogen-bond donors (Lipinski definition) is 2. The molecule has 0 aliphatic rings. The number of hydrogen-bond acceptors (Lipinski definition) is 4. The van der Waals surface area contributed by atoms with Crippen LogP contribution in [0.25, 0.3) is 0 Å². The smallest absolute Gasteiger partial charge is 0.164 e. The summed E-state index contributed by atoms with van der Waals surface area (Å²) in [6.07, 6.45) is 0. The SMILES string of the molecule is COc1cc(O)c(C(C)CN)cc1OC. The van der Waals surface area contributed by atoms with Crippen molar-refractivity contribution < 1.29 is 14.6 Å². The molecule has 0 aromatic heterocycles. The second kappa shape index (κ2) is 4.89. The molecule has 4 heteroatoms. The Morgan fingerprint density at radius 1 is 1.27 bits per heavy atom. The topological polar surface area (TPSA) is 64.7 Å². The number of benzene rings is 1. The van der Waals surface area contributed by atoms with Crippen LogP contribution in [0.5, 0.6) is 17.2 Å². The van der Waals surface area contributed by atoms with Gasteiger partial charge in [-0.25, -0.2) is 0 Å². The van der Waals surface area contributed by atoms with Gasteiger partial charge in [0.1, 0.15) is 5.75 Å². The van der Waals surface area contributed by atoms with Gasteiger partial charge in [-0.3, -0.25) is 0 Å². The van der Waals surface area contributed by atoms with E-state index in [0.717, 1.165) is 5.56 Å². The number of ether oxygens (including phenoxy) is 2. The zero-order chi connectivity index (χ0) is 11.4. The number of methoxy groups -OCH3 is 2. The Bertz CT molecular complexity index is 339. The van der Waals surface area contributed by atoms with Crippen molar-refractivity contribution in [3.05, 3.63) is 17.7 Å². The largest absolute Gasteiger partial charge is 0.508 e. The van der Waals surface area contributed by atoms with Crippen molar-refractivity contribution in [3.8, 4) is 17.2 Å². The van der Waals surface area contributed by atoms with E-state index in [2.05, 4.69) is 0 Å². The Hall–Kier alpha value is -1.42. The average Bonchev–Trinajstić information content (AvgIpc) is 2.27. The highest BCUT2D eigenvalue weighted by Crippen LogP contribution is 2.36. The molecule has 0 aliphatic carbocycles. The molecule has 0 fully saturated rings. The van der Waals surface area contributed by atoms with Crippen molar-refractivity contribution in [2.45, 2.75) is 12.8 Å². The molecule has 0 radical (unpaired) electrons. The van der Waals surface area contributed by atoms with Crippen molar-refractivity contribution in [2.24, 2.45) is 5.73 Å². The maximum Gasteiger partial charge on any atom is 0.164 e. The van der Waals surface area contributed by atoms with Crippen LogP contribution in [0.3, 0.4) is 0 Å². The van der Waals surface area contributed by atoms with Crippen LogP contribution in [0, 0.1) is 0 Å². The first-order chi connectivity index (χ1) is 7.13. The summed E-state index contributed by atoms with van der Waals surface area (Å²) in [6.45, 7) is 2.42. The molecule has 0 spiro atoms. The number of phenols is 1. The molecule has 4 nitrogen and oxygen atoms in total. The van der Waals surface area contributed by atoms with Crippen LogP contribution in [0.15, 0.2) is 12.1 Å². The van der Waals surface area contributed by atoms with E-state index in [0.29, 0.717) is 18.0 Å². The van der Waals surface area contributed by atoms with Gasteiger partial charge in [-0.2, -0.15) is 0 Å². The van der Waals surface area contributed by atoms with Gasteiger partial charge in [0.25, 0.3) is 0 Å². The number of nitrogens with two attached hydrogens (primary N) is 1. The molecule has 1 aromatic carbocycles. The molecule has 0 heterocycles. The van der Waals surface area contributed by atoms with Gasteiger partial charge in [0.15, 0.2) is 11.5 Å². The summed E-state index contributed by atoms with van der Waals surface area (Å²) in [4.78, 5) is 0. The fourth-order valence-electron chi connectivity index (χ4n) is 1.41. The quantitative estimate of drug-likeness (QED) is 0.791. The third-order valence-electron chi connectivity index (χ3n) is 2.42. The lowest BCUT2D eigenvalue weighted by Gasteiger charge is -2.15. The van der Waals surface area contributed by atoms with Gasteiger partial charge < -0.3 is 20.3 Å². The van der Waals surface area contributed by atoms with Crippen LogP contribution < -0.4 is 15.2 Å². The highest BCUT2D eigenvalue weighted by Gasteiger charge is 2.14. The van der Waals surface area contributed by atoms with Crippen LogP contribution >= 0.6 is 0 Å². The van der Waals surface area contributed by atoms with E-state index in [1.807, 2.05) is 6.92 Å². The third kappa shape index (κ3) is 2.33. The molecule has 1 rings (SSSR count). The monoisotopic (exact) mass is 211 g/mol. The zero-order valence-electron chi connectivity index (χ0n) is 9.28. The summed E-state index contributed by atoms with van der Waals surface area (Å²) in [5.74, 6) is 1.39. The molecule has 1 atom stereocenters. The van der Waals surface area contributed by atoms with E-state index in [9.17, 15) is 5.11 Å². The van der Waals surface area contributed by atoms with Gasteiger partial charge in [-0.1, -0.05) is 6.92 Å². The first kappa shape index (κ1) is 11.7. The molecular formula is C11H17NO3. The summed E-state index contributed by atoms with van der Waals surface area (Å²) < 4.78 is 10.2. The molecule has 15 heavy (non-hydrogen) atoms. The van der Waals surface area contributed by atoms with Gasteiger partial charge in [0.05, 0.1) is 14.2 Å². The molecule has 0 amide bonds. The van der Waals surface area contributed by atoms with E-state index in [1.54, 1.807) is 19.2 Å². The Labute approximate surface area is 89.6 Å². The Kier molecular flexibility index (Phi) is 3.80. The first-order valence-electron chi connectivity index (χ1n) is 4.79. The molecule has 1 unspecified atom stereocenters. The van der Waals surface area contributed by atoms with E-state index < -0.39 is 0 Å². The molecule has 0 saturated heterocycles. The average molecular weight is 211 g/mol. The van der Waals surface area contributed by atoms with Gasteiger partial charge >= 0.3 is 0 Å². The van der Waals surface area contributed by atoms with Crippen LogP contribution in [0.2, 0.25) is 0 Å². The van der Waals surface area contributed by atoms with Crippen molar-refractivity contribution in [1.29, 1.82) is 0 Å². The van der Waals surface area contributed by atoms with Crippen molar-refractivity contribution >= 4 is 0 Å². The van der Waals surface area contributed by atoms with Gasteiger partial charge in [-0.05, 0) is 18.5 Å². The van der Waals surface area contributed by atoms with Crippen LogP contribution in [0.4, 0.5) is 0 Å². The zero-order valence-corrected chi connectivity index (χ0v) is 9.28. The van der Waals surface area contributed by atoms with Crippen LogP contribution in [-0.2, 0) is 0 Å². The molecule has 0 saturated carbocycles. The van der Waals surface area contributed by atoms with Crippen molar-refractivity contribution in [3.63, 3.8) is 0 Å². The third-order valence-corrected chi connectivity index (χ3v) is 2.42. The predicted molar refractivity (Wildman–Crippen MR) is 58.7 cm³/mol. The summed E-state index contributed by atoms with van der Waals surface area (Å²) in [7, 11) is 3.09. The first-order valence-corrected chi connectivity index (χ1v) is 4.79. The summed E-state index contributed by atoms with van der Waals surface area (Å²) >= 11 is 0. The van der Waals surface area contributed by atoms with E-state index >= 15 is 0 Å². The standard InChI is InChI=1S/C11H17NO3/c1-7(6-12)8-4-10(14-2)11(15-3)5-9(8)13/h4-5,7,13H,6,12H2,1-3H3. The molecule has 0 bridgehead atoms. The number of phenolic OH excluding ortho intramolecular Hbond substituents is 1. The molecule has 84 valence electrons. The minimum atomic E-state index is 0.0878. The van der Waals surface area contributed by atoms with E-state index in [1.165, 1.54) is 7.11 Å². The van der Waals surface area contributed by atoms with E-state index in [-0.39, 0.29) is 11.7 Å². The molecule has 0 aliphatic heterocycles. The number of rotatable bonds is 4. The summed E-state index contributed by atoms with van der Waals surface area (Å²) in [5.41, 5.74) is 6.33. The highest BCUT2D eigenvalue weighted by molar-refractivity contribution is 5.51. The molecular weight excluding hydrogens is 194 g/mol. The lowest BCUT2D eigenvalue weighted by Crippen LogP contribution is -2.09. The summed E-state index contributed by atoms with van der Waals surface area (Å²) in [6, 6.07) is 3.30. The number of aromatic hydroxyl groups is 1. The maximum absolute atomic E-state index is 9.75. The van der Waals surface area contributed by atoms with Crippen molar-refractivity contribution in [2.75, 3.05) is 20.8 Å². The fraction of sp³-hybridized carbons (Fsp3) is 0.455. The second-order valence-corrected chi connectivity index (χ2v) is 3.40. The fourth-order valence-corrected chi connectivity index (χ4v) is 1.41. The predicted octanol–water partition coefficient (Wildman–Crippen LogP) is 1.47. The lowest BCUT2D eigenvalue weighted by atomic mass is 10.00. The lowest BCUT2D eigenvalue weighted by molar-refractivity contribution is 0.350. The van der Waals surface area contributed by atoms with Crippen molar-refractivity contribution in [1.82, 2.24) is 0 Å². The van der Waals surface area contributed by atoms with Gasteiger partial charge in [0, 0.05) is 11.6 Å². The second-order valence-electron chi connectivity index (χ2n) is 3.40. The maximum atomic E-state index is 9.75.